The van der Waals surface area contributed by atoms with Crippen molar-refractivity contribution < 1.29 is 4.79 Å². The number of hydrogen-bond acceptors (Lipinski definition) is 4. The molecule has 0 radical (unpaired) electrons. The van der Waals surface area contributed by atoms with Crippen LogP contribution in [0.5, 0.6) is 0 Å². The van der Waals surface area contributed by atoms with Crippen LogP contribution in [0.2, 0.25) is 0 Å². The molecule has 2 heterocycles. The van der Waals surface area contributed by atoms with Gasteiger partial charge in [-0.3, -0.25) is 14.7 Å². The third-order valence-corrected chi connectivity index (χ3v) is 4.58. The van der Waals surface area contributed by atoms with E-state index in [9.17, 15) is 4.79 Å². The van der Waals surface area contributed by atoms with E-state index >= 15 is 0 Å². The molecule has 1 aromatic carbocycles. The second-order valence-electron chi connectivity index (χ2n) is 6.29. The molecule has 1 N–H and O–H groups in total. The van der Waals surface area contributed by atoms with Crippen molar-refractivity contribution in [1.82, 2.24) is 15.2 Å². The quantitative estimate of drug-likeness (QED) is 0.882. The smallest absolute Gasteiger partial charge is 0.251 e. The molecule has 0 unspecified atom stereocenters. The minimum absolute atomic E-state index is 0.104. The predicted octanol–water partition coefficient (Wildman–Crippen LogP) is 2.71. The van der Waals surface area contributed by atoms with Crippen molar-refractivity contribution in [2.75, 3.05) is 19.6 Å². The highest BCUT2D eigenvalue weighted by atomic mass is 16.1. The van der Waals surface area contributed by atoms with E-state index in [1.165, 1.54) is 12.8 Å². The van der Waals surface area contributed by atoms with Gasteiger partial charge in [-0.2, -0.15) is 5.26 Å². The zero-order valence-corrected chi connectivity index (χ0v) is 14.2. The lowest BCUT2D eigenvalue weighted by atomic mass is 10.1. The van der Waals surface area contributed by atoms with E-state index in [-0.39, 0.29) is 11.9 Å². The van der Waals surface area contributed by atoms with Crippen LogP contribution < -0.4 is 5.32 Å². The highest BCUT2D eigenvalue weighted by Gasteiger charge is 2.24. The van der Waals surface area contributed by atoms with E-state index in [4.69, 9.17) is 5.26 Å². The summed E-state index contributed by atoms with van der Waals surface area (Å²) < 4.78 is 0. The second-order valence-corrected chi connectivity index (χ2v) is 6.29. The Balaban J connectivity index is 1.69. The fraction of sp³-hybridized carbons (Fsp3) is 0.350. The van der Waals surface area contributed by atoms with Crippen LogP contribution in [0, 0.1) is 11.3 Å². The summed E-state index contributed by atoms with van der Waals surface area (Å²) >= 11 is 0. The molecule has 0 saturated carbocycles. The number of rotatable bonds is 6. The first kappa shape index (κ1) is 17.1. The van der Waals surface area contributed by atoms with E-state index < -0.39 is 0 Å². The van der Waals surface area contributed by atoms with Crippen LogP contribution in [0.25, 0.3) is 0 Å². The lowest BCUT2D eigenvalue weighted by Crippen LogP contribution is -2.36. The summed E-state index contributed by atoms with van der Waals surface area (Å²) in [5.74, 6) is -0.104. The first-order valence-electron chi connectivity index (χ1n) is 8.66. The van der Waals surface area contributed by atoms with Gasteiger partial charge in [-0.05, 0) is 55.3 Å². The Bertz CT molecular complexity index is 748. The second kappa shape index (κ2) is 8.41. The van der Waals surface area contributed by atoms with Gasteiger partial charge in [-0.25, -0.2) is 0 Å². The van der Waals surface area contributed by atoms with Gasteiger partial charge in [0.1, 0.15) is 0 Å². The summed E-state index contributed by atoms with van der Waals surface area (Å²) in [4.78, 5) is 19.2. The zero-order chi connectivity index (χ0) is 17.5. The molecule has 25 heavy (non-hydrogen) atoms. The van der Waals surface area contributed by atoms with Crippen LogP contribution in [0.15, 0.2) is 48.8 Å². The number of amides is 1. The Morgan fingerprint density at radius 2 is 2.12 bits per heavy atom. The highest BCUT2D eigenvalue weighted by Crippen LogP contribution is 2.24. The van der Waals surface area contributed by atoms with Gasteiger partial charge >= 0.3 is 0 Å². The van der Waals surface area contributed by atoms with Gasteiger partial charge in [0, 0.05) is 24.5 Å². The Morgan fingerprint density at radius 1 is 1.28 bits per heavy atom. The number of nitriles is 1. The van der Waals surface area contributed by atoms with Crippen LogP contribution >= 0.6 is 0 Å². The SMILES string of the molecule is N#CCc1cccc(C(=O)NC[C@@H](c2cccnc2)N2CCCC2)c1. The summed E-state index contributed by atoms with van der Waals surface area (Å²) in [6.07, 6.45) is 6.35. The Hall–Kier alpha value is -2.71. The molecule has 2 aromatic rings. The predicted molar refractivity (Wildman–Crippen MR) is 95.9 cm³/mol. The fourth-order valence-corrected chi connectivity index (χ4v) is 3.29. The van der Waals surface area contributed by atoms with Gasteiger partial charge in [0.2, 0.25) is 0 Å². The Kier molecular flexibility index (Phi) is 5.76. The number of likely N-dealkylation sites (tertiary alicyclic amines) is 1. The average molecular weight is 334 g/mol. The first-order valence-corrected chi connectivity index (χ1v) is 8.66. The monoisotopic (exact) mass is 334 g/mol. The van der Waals surface area contributed by atoms with Crippen molar-refractivity contribution in [3.05, 3.63) is 65.5 Å². The summed E-state index contributed by atoms with van der Waals surface area (Å²) in [7, 11) is 0. The minimum atomic E-state index is -0.104. The molecule has 1 aliphatic heterocycles. The number of aromatic nitrogens is 1. The summed E-state index contributed by atoms with van der Waals surface area (Å²) in [5.41, 5.74) is 2.58. The first-order chi connectivity index (χ1) is 12.3. The number of pyridine rings is 1. The Morgan fingerprint density at radius 3 is 2.84 bits per heavy atom. The maximum Gasteiger partial charge on any atom is 0.251 e. The van der Waals surface area contributed by atoms with Gasteiger partial charge in [0.15, 0.2) is 0 Å². The van der Waals surface area contributed by atoms with Crippen LogP contribution in [-0.2, 0) is 6.42 Å². The molecule has 128 valence electrons. The Labute approximate surface area is 148 Å². The molecule has 1 aromatic heterocycles. The molecule has 1 amide bonds. The third kappa shape index (κ3) is 4.43. The van der Waals surface area contributed by atoms with E-state index in [1.54, 1.807) is 18.3 Å². The van der Waals surface area contributed by atoms with Crippen LogP contribution in [0.3, 0.4) is 0 Å². The lowest BCUT2D eigenvalue weighted by Gasteiger charge is -2.28. The van der Waals surface area contributed by atoms with Gasteiger partial charge < -0.3 is 5.32 Å². The van der Waals surface area contributed by atoms with Crippen LogP contribution in [-0.4, -0.2) is 35.4 Å². The number of benzene rings is 1. The largest absolute Gasteiger partial charge is 0.350 e. The number of nitrogens with zero attached hydrogens (tertiary/aromatic N) is 3. The van der Waals surface area contributed by atoms with Crippen molar-refractivity contribution in [1.29, 1.82) is 5.26 Å². The fourth-order valence-electron chi connectivity index (χ4n) is 3.29. The van der Waals surface area contributed by atoms with Gasteiger partial charge in [0.05, 0.1) is 18.5 Å². The molecule has 1 atom stereocenters. The van der Waals surface area contributed by atoms with E-state index in [0.29, 0.717) is 18.5 Å². The van der Waals surface area contributed by atoms with Gasteiger partial charge in [0.25, 0.3) is 5.91 Å². The van der Waals surface area contributed by atoms with Crippen molar-refractivity contribution >= 4 is 5.91 Å². The molecule has 1 fully saturated rings. The summed E-state index contributed by atoms with van der Waals surface area (Å²) in [6.45, 7) is 2.65. The zero-order valence-electron chi connectivity index (χ0n) is 14.2. The van der Waals surface area contributed by atoms with E-state index in [0.717, 1.165) is 24.2 Å². The van der Waals surface area contributed by atoms with E-state index in [1.807, 2.05) is 24.4 Å². The normalized spacial score (nSPS) is 15.5. The minimum Gasteiger partial charge on any atom is -0.350 e. The molecule has 1 saturated heterocycles. The van der Waals surface area contributed by atoms with Gasteiger partial charge in [-0.1, -0.05) is 18.2 Å². The standard InChI is InChI=1S/C20H22N4O/c21-9-8-16-5-3-6-17(13-16)20(25)23-15-19(24-11-1-2-12-24)18-7-4-10-22-14-18/h3-7,10,13-14,19H,1-2,8,11-12,15H2,(H,23,25)/t19-/m0/s1. The molecule has 5 heteroatoms. The number of hydrogen-bond donors (Lipinski definition) is 1. The summed E-state index contributed by atoms with van der Waals surface area (Å²) in [5, 5.41) is 11.9. The molecular weight excluding hydrogens is 312 g/mol. The van der Waals surface area contributed by atoms with Crippen LogP contribution in [0.4, 0.5) is 0 Å². The van der Waals surface area contributed by atoms with Crippen molar-refractivity contribution in [2.45, 2.75) is 25.3 Å². The molecule has 3 rings (SSSR count). The maximum atomic E-state index is 12.5. The van der Waals surface area contributed by atoms with Crippen molar-refractivity contribution in [2.24, 2.45) is 0 Å². The number of carbonyl (C=O) groups excluding carboxylic acids is 1. The van der Waals surface area contributed by atoms with Gasteiger partial charge in [-0.15, -0.1) is 0 Å². The van der Waals surface area contributed by atoms with Crippen LogP contribution in [0.1, 0.15) is 40.4 Å². The average Bonchev–Trinajstić information content (AvgIpc) is 3.18. The van der Waals surface area contributed by atoms with Crippen molar-refractivity contribution in [3.63, 3.8) is 0 Å². The lowest BCUT2D eigenvalue weighted by molar-refractivity contribution is 0.0937. The molecule has 0 bridgehead atoms. The van der Waals surface area contributed by atoms with Crippen molar-refractivity contribution in [3.8, 4) is 6.07 Å². The molecule has 1 aliphatic rings. The summed E-state index contributed by atoms with van der Waals surface area (Å²) in [6, 6.07) is 13.5. The molecule has 0 aliphatic carbocycles. The highest BCUT2D eigenvalue weighted by molar-refractivity contribution is 5.94. The number of carbonyl (C=O) groups is 1. The molecule has 0 spiro atoms. The maximum absolute atomic E-state index is 12.5. The van der Waals surface area contributed by atoms with E-state index in [2.05, 4.69) is 27.3 Å². The molecule has 5 nitrogen and oxygen atoms in total. The third-order valence-electron chi connectivity index (χ3n) is 4.58. The topological polar surface area (TPSA) is 69.0 Å². The molecular formula is C20H22N4O. The number of nitrogens with one attached hydrogen (secondary N) is 1.